The van der Waals surface area contributed by atoms with Crippen molar-refractivity contribution >= 4 is 23.4 Å². The maximum atomic E-state index is 12.9. The van der Waals surface area contributed by atoms with E-state index in [-0.39, 0.29) is 23.4 Å². The van der Waals surface area contributed by atoms with Gasteiger partial charge in [0.05, 0.1) is 12.4 Å². The van der Waals surface area contributed by atoms with Gasteiger partial charge in [0.1, 0.15) is 11.6 Å². The number of hydrogen-bond acceptors (Lipinski definition) is 5. The Morgan fingerprint density at radius 3 is 2.67 bits per heavy atom. The molecule has 0 atom stereocenters. The molecule has 1 heterocycles. The van der Waals surface area contributed by atoms with Crippen LogP contribution in [0.15, 0.2) is 29.4 Å². The first kappa shape index (κ1) is 18.4. The lowest BCUT2D eigenvalue weighted by atomic mass is 10.2. The molecular weight excluding hydrogens is 331 g/mol. The van der Waals surface area contributed by atoms with Crippen LogP contribution in [-0.2, 0) is 16.1 Å². The Labute approximate surface area is 144 Å². The van der Waals surface area contributed by atoms with Crippen molar-refractivity contribution in [1.29, 1.82) is 0 Å². The van der Waals surface area contributed by atoms with E-state index >= 15 is 0 Å². The second-order valence-electron chi connectivity index (χ2n) is 5.48. The van der Waals surface area contributed by atoms with Gasteiger partial charge in [-0.1, -0.05) is 25.6 Å². The van der Waals surface area contributed by atoms with Crippen molar-refractivity contribution in [1.82, 2.24) is 14.8 Å². The molecule has 8 heteroatoms. The number of benzene rings is 1. The molecule has 1 N–H and O–H groups in total. The lowest BCUT2D eigenvalue weighted by Gasteiger charge is -2.11. The summed E-state index contributed by atoms with van der Waals surface area (Å²) in [5, 5.41) is 11.8. The molecule has 0 spiro atoms. The normalized spacial score (nSPS) is 11.0. The highest BCUT2D eigenvalue weighted by Crippen LogP contribution is 2.21. The summed E-state index contributed by atoms with van der Waals surface area (Å²) in [5.74, 6) is 0.777. The third kappa shape index (κ3) is 5.04. The van der Waals surface area contributed by atoms with Crippen LogP contribution in [0, 0.1) is 5.82 Å². The van der Waals surface area contributed by atoms with E-state index in [2.05, 4.69) is 15.5 Å². The number of carbonyl (C=O) groups excluding carboxylic acids is 1. The molecule has 0 radical (unpaired) electrons. The van der Waals surface area contributed by atoms with Gasteiger partial charge < -0.3 is 14.6 Å². The summed E-state index contributed by atoms with van der Waals surface area (Å²) in [6, 6.07) is 5.66. The summed E-state index contributed by atoms with van der Waals surface area (Å²) in [6.07, 6.45) is 0. The zero-order valence-corrected chi connectivity index (χ0v) is 14.8. The summed E-state index contributed by atoms with van der Waals surface area (Å²) < 4.78 is 20.0. The van der Waals surface area contributed by atoms with Crippen LogP contribution in [0.3, 0.4) is 0 Å². The molecular formula is C16H21FN4O2S. The topological polar surface area (TPSA) is 69.0 Å². The summed E-state index contributed by atoms with van der Waals surface area (Å²) in [6.45, 7) is 5.28. The summed E-state index contributed by atoms with van der Waals surface area (Å²) in [7, 11) is 1.64. The Morgan fingerprint density at radius 2 is 2.04 bits per heavy atom. The standard InChI is InChI=1S/C16H21FN4O2S/c1-11(2)15-19-20-16(21(15)8-9-23-3)24-10-14(22)18-13-6-4-12(17)5-7-13/h4-7,11H,8-10H2,1-3H3,(H,18,22). The van der Waals surface area contributed by atoms with Gasteiger partial charge in [0, 0.05) is 25.3 Å². The number of nitrogens with one attached hydrogen (secondary N) is 1. The van der Waals surface area contributed by atoms with Crippen LogP contribution < -0.4 is 5.32 Å². The molecule has 6 nitrogen and oxygen atoms in total. The molecule has 0 saturated carbocycles. The van der Waals surface area contributed by atoms with Crippen LogP contribution in [0.4, 0.5) is 10.1 Å². The highest BCUT2D eigenvalue weighted by molar-refractivity contribution is 7.99. The maximum Gasteiger partial charge on any atom is 0.234 e. The minimum absolute atomic E-state index is 0.181. The van der Waals surface area contributed by atoms with E-state index in [4.69, 9.17) is 4.74 Å². The van der Waals surface area contributed by atoms with Gasteiger partial charge in [0.15, 0.2) is 5.16 Å². The average Bonchev–Trinajstić information content (AvgIpc) is 2.96. The van der Waals surface area contributed by atoms with E-state index in [9.17, 15) is 9.18 Å². The Hall–Kier alpha value is -1.93. The Morgan fingerprint density at radius 1 is 1.33 bits per heavy atom. The van der Waals surface area contributed by atoms with Crippen LogP contribution in [0.1, 0.15) is 25.6 Å². The van der Waals surface area contributed by atoms with E-state index in [0.29, 0.717) is 24.0 Å². The summed E-state index contributed by atoms with van der Waals surface area (Å²) >= 11 is 1.31. The molecule has 1 aromatic heterocycles. The zero-order chi connectivity index (χ0) is 17.5. The van der Waals surface area contributed by atoms with Crippen LogP contribution in [0.2, 0.25) is 0 Å². The number of amides is 1. The van der Waals surface area contributed by atoms with Crippen molar-refractivity contribution in [3.05, 3.63) is 35.9 Å². The summed E-state index contributed by atoms with van der Waals surface area (Å²) in [4.78, 5) is 12.0. The van der Waals surface area contributed by atoms with Gasteiger partial charge in [-0.2, -0.15) is 0 Å². The lowest BCUT2D eigenvalue weighted by molar-refractivity contribution is -0.113. The third-order valence-electron chi connectivity index (χ3n) is 3.24. The van der Waals surface area contributed by atoms with Crippen LogP contribution in [0.25, 0.3) is 0 Å². The van der Waals surface area contributed by atoms with Crippen molar-refractivity contribution in [2.45, 2.75) is 31.5 Å². The molecule has 1 amide bonds. The third-order valence-corrected chi connectivity index (χ3v) is 4.21. The molecule has 0 unspecified atom stereocenters. The largest absolute Gasteiger partial charge is 0.383 e. The van der Waals surface area contributed by atoms with E-state index in [1.807, 2.05) is 18.4 Å². The number of thioether (sulfide) groups is 1. The van der Waals surface area contributed by atoms with Gasteiger partial charge in [-0.3, -0.25) is 4.79 Å². The van der Waals surface area contributed by atoms with Gasteiger partial charge in [0.25, 0.3) is 0 Å². The number of anilines is 1. The molecule has 2 aromatic rings. The van der Waals surface area contributed by atoms with Gasteiger partial charge in [-0.05, 0) is 24.3 Å². The minimum atomic E-state index is -0.338. The van der Waals surface area contributed by atoms with Crippen molar-refractivity contribution in [3.8, 4) is 0 Å². The van der Waals surface area contributed by atoms with Gasteiger partial charge in [0.2, 0.25) is 5.91 Å². The number of rotatable bonds is 8. The average molecular weight is 352 g/mol. The second kappa shape index (κ2) is 8.79. The fourth-order valence-electron chi connectivity index (χ4n) is 2.09. The molecule has 130 valence electrons. The van der Waals surface area contributed by atoms with Crippen molar-refractivity contribution in [2.24, 2.45) is 0 Å². The highest BCUT2D eigenvalue weighted by Gasteiger charge is 2.16. The lowest BCUT2D eigenvalue weighted by Crippen LogP contribution is -2.15. The summed E-state index contributed by atoms with van der Waals surface area (Å²) in [5.41, 5.74) is 0.561. The predicted molar refractivity (Wildman–Crippen MR) is 91.7 cm³/mol. The molecule has 24 heavy (non-hydrogen) atoms. The van der Waals surface area contributed by atoms with Gasteiger partial charge in [-0.15, -0.1) is 10.2 Å². The number of ether oxygens (including phenoxy) is 1. The minimum Gasteiger partial charge on any atom is -0.383 e. The molecule has 0 aliphatic heterocycles. The van der Waals surface area contributed by atoms with E-state index in [1.165, 1.54) is 36.0 Å². The fourth-order valence-corrected chi connectivity index (χ4v) is 2.86. The van der Waals surface area contributed by atoms with E-state index < -0.39 is 0 Å². The predicted octanol–water partition coefficient (Wildman–Crippen LogP) is 2.92. The van der Waals surface area contributed by atoms with E-state index in [0.717, 1.165) is 5.82 Å². The maximum absolute atomic E-state index is 12.9. The molecule has 0 bridgehead atoms. The molecule has 0 aliphatic carbocycles. The fraction of sp³-hybridized carbons (Fsp3) is 0.438. The molecule has 1 aromatic carbocycles. The monoisotopic (exact) mass is 352 g/mol. The van der Waals surface area contributed by atoms with Crippen molar-refractivity contribution in [3.63, 3.8) is 0 Å². The second-order valence-corrected chi connectivity index (χ2v) is 6.43. The van der Waals surface area contributed by atoms with Crippen molar-refractivity contribution in [2.75, 3.05) is 24.8 Å². The van der Waals surface area contributed by atoms with E-state index in [1.54, 1.807) is 7.11 Å². The van der Waals surface area contributed by atoms with Gasteiger partial charge >= 0.3 is 0 Å². The Kier molecular flexibility index (Phi) is 6.74. The quantitative estimate of drug-likeness (QED) is 0.740. The smallest absolute Gasteiger partial charge is 0.234 e. The SMILES string of the molecule is COCCn1c(SCC(=O)Nc2ccc(F)cc2)nnc1C(C)C. The molecule has 0 fully saturated rings. The van der Waals surface area contributed by atoms with Crippen LogP contribution in [0.5, 0.6) is 0 Å². The number of carbonyl (C=O) groups is 1. The number of methoxy groups -OCH3 is 1. The van der Waals surface area contributed by atoms with Crippen LogP contribution in [-0.4, -0.2) is 40.1 Å². The number of nitrogens with zero attached hydrogens (tertiary/aromatic N) is 3. The van der Waals surface area contributed by atoms with Crippen molar-refractivity contribution < 1.29 is 13.9 Å². The van der Waals surface area contributed by atoms with Gasteiger partial charge in [-0.25, -0.2) is 4.39 Å². The Balaban J connectivity index is 1.97. The molecule has 2 rings (SSSR count). The first-order chi connectivity index (χ1) is 11.5. The zero-order valence-electron chi connectivity index (χ0n) is 14.0. The Bertz CT molecular complexity index is 673. The first-order valence-corrected chi connectivity index (χ1v) is 8.60. The van der Waals surface area contributed by atoms with Crippen LogP contribution >= 0.6 is 11.8 Å². The number of aromatic nitrogens is 3. The first-order valence-electron chi connectivity index (χ1n) is 7.61. The number of hydrogen-bond donors (Lipinski definition) is 1. The molecule has 0 saturated heterocycles. The highest BCUT2D eigenvalue weighted by atomic mass is 32.2. The molecule has 0 aliphatic rings. The number of halogens is 1.